The van der Waals surface area contributed by atoms with Crippen molar-refractivity contribution in [1.82, 2.24) is 25.2 Å². The van der Waals surface area contributed by atoms with Gasteiger partial charge in [-0.1, -0.05) is 54.6 Å². The van der Waals surface area contributed by atoms with Crippen molar-refractivity contribution in [1.29, 1.82) is 0 Å². The monoisotopic (exact) mass is 403 g/mol. The zero-order valence-electron chi connectivity index (χ0n) is 17.9. The van der Waals surface area contributed by atoms with Gasteiger partial charge in [-0.15, -0.1) is 5.10 Å². The number of hydrogen-bond donors (Lipinski definition) is 1. The number of nitrogens with zero attached hydrogens (tertiary/aromatic N) is 4. The molecular formula is C24H29N5O. The predicted octanol–water partition coefficient (Wildman–Crippen LogP) is 3.66. The summed E-state index contributed by atoms with van der Waals surface area (Å²) < 4.78 is 1.82. The Labute approximate surface area is 177 Å². The minimum Gasteiger partial charge on any atom is -0.348 e. The second kappa shape index (κ2) is 8.79. The van der Waals surface area contributed by atoms with E-state index in [1.807, 2.05) is 25.5 Å². The van der Waals surface area contributed by atoms with Crippen LogP contribution in [-0.4, -0.2) is 38.4 Å². The lowest BCUT2D eigenvalue weighted by molar-refractivity contribution is 0.0933. The van der Waals surface area contributed by atoms with Crippen LogP contribution >= 0.6 is 0 Å². The Hall–Kier alpha value is -2.99. The summed E-state index contributed by atoms with van der Waals surface area (Å²) in [5.74, 6) is -0.160. The molecular weight excluding hydrogens is 374 g/mol. The van der Waals surface area contributed by atoms with E-state index in [-0.39, 0.29) is 11.9 Å². The maximum Gasteiger partial charge on any atom is 0.273 e. The van der Waals surface area contributed by atoms with Gasteiger partial charge in [0.1, 0.15) is 0 Å². The Morgan fingerprint density at radius 1 is 1.17 bits per heavy atom. The highest BCUT2D eigenvalue weighted by Gasteiger charge is 2.23. The topological polar surface area (TPSA) is 63.1 Å². The van der Waals surface area contributed by atoms with E-state index in [9.17, 15) is 4.79 Å². The van der Waals surface area contributed by atoms with Gasteiger partial charge in [0.25, 0.3) is 5.91 Å². The average molecular weight is 404 g/mol. The van der Waals surface area contributed by atoms with Gasteiger partial charge >= 0.3 is 0 Å². The second-order valence-electron chi connectivity index (χ2n) is 8.08. The lowest BCUT2D eigenvalue weighted by atomic mass is 9.97. The highest BCUT2D eigenvalue weighted by molar-refractivity contribution is 5.93. The Kier molecular flexibility index (Phi) is 5.95. The van der Waals surface area contributed by atoms with Gasteiger partial charge in [-0.05, 0) is 49.4 Å². The number of benzene rings is 2. The highest BCUT2D eigenvalue weighted by Crippen LogP contribution is 2.27. The maximum absolute atomic E-state index is 12.6. The van der Waals surface area contributed by atoms with Gasteiger partial charge < -0.3 is 5.32 Å². The summed E-state index contributed by atoms with van der Waals surface area (Å²) >= 11 is 0. The van der Waals surface area contributed by atoms with Crippen LogP contribution in [0.25, 0.3) is 5.69 Å². The number of carbonyl (C=O) groups is 1. The van der Waals surface area contributed by atoms with Crippen molar-refractivity contribution < 1.29 is 4.79 Å². The first-order valence-corrected chi connectivity index (χ1v) is 10.7. The van der Waals surface area contributed by atoms with Crippen LogP contribution < -0.4 is 5.32 Å². The van der Waals surface area contributed by atoms with E-state index < -0.39 is 0 Å². The average Bonchev–Trinajstić information content (AvgIpc) is 3.15. The molecule has 156 valence electrons. The molecule has 1 atom stereocenters. The standard InChI is InChI=1S/C24H29N5O/c1-4-17(2)25-24(30)23-18(3)29(27-26-23)22-12-8-11-20-16-28(14-13-21(20)22)15-19-9-6-5-7-10-19/h5-12,17H,4,13-16H2,1-3H3,(H,25,30). The third-order valence-corrected chi connectivity index (χ3v) is 5.90. The highest BCUT2D eigenvalue weighted by atomic mass is 16.2. The van der Waals surface area contributed by atoms with E-state index in [0.717, 1.165) is 43.9 Å². The fourth-order valence-electron chi connectivity index (χ4n) is 3.98. The minimum absolute atomic E-state index is 0.113. The van der Waals surface area contributed by atoms with Gasteiger partial charge in [0.05, 0.1) is 11.4 Å². The molecule has 0 aliphatic carbocycles. The van der Waals surface area contributed by atoms with Crippen molar-refractivity contribution >= 4 is 5.91 Å². The first-order chi connectivity index (χ1) is 14.6. The van der Waals surface area contributed by atoms with Crippen LogP contribution in [0.2, 0.25) is 0 Å². The normalized spacial score (nSPS) is 14.9. The number of hydrogen-bond acceptors (Lipinski definition) is 4. The summed E-state index contributed by atoms with van der Waals surface area (Å²) in [4.78, 5) is 15.0. The summed E-state index contributed by atoms with van der Waals surface area (Å²) in [6.07, 6.45) is 1.83. The van der Waals surface area contributed by atoms with E-state index in [0.29, 0.717) is 5.69 Å². The molecule has 6 heteroatoms. The number of fused-ring (bicyclic) bond motifs is 1. The maximum atomic E-state index is 12.6. The van der Waals surface area contributed by atoms with E-state index in [1.165, 1.54) is 16.7 Å². The van der Waals surface area contributed by atoms with Gasteiger partial charge in [0.2, 0.25) is 0 Å². The molecule has 2 aromatic carbocycles. The quantitative estimate of drug-likeness (QED) is 0.682. The molecule has 0 spiro atoms. The molecule has 1 N–H and O–H groups in total. The third-order valence-electron chi connectivity index (χ3n) is 5.90. The van der Waals surface area contributed by atoms with Gasteiger partial charge in [-0.2, -0.15) is 0 Å². The summed E-state index contributed by atoms with van der Waals surface area (Å²) in [7, 11) is 0. The van der Waals surface area contributed by atoms with Gasteiger partial charge in [0.15, 0.2) is 5.69 Å². The molecule has 0 fully saturated rings. The molecule has 1 unspecified atom stereocenters. The fraction of sp³-hybridized carbons (Fsp3) is 0.375. The Morgan fingerprint density at radius 3 is 2.73 bits per heavy atom. The molecule has 4 rings (SSSR count). The van der Waals surface area contributed by atoms with Crippen LogP contribution in [0, 0.1) is 6.92 Å². The van der Waals surface area contributed by atoms with E-state index in [2.05, 4.69) is 69.1 Å². The zero-order valence-corrected chi connectivity index (χ0v) is 17.9. The molecule has 2 heterocycles. The molecule has 0 bridgehead atoms. The van der Waals surface area contributed by atoms with E-state index in [1.54, 1.807) is 0 Å². The van der Waals surface area contributed by atoms with Crippen LogP contribution in [-0.2, 0) is 19.5 Å². The molecule has 0 saturated carbocycles. The predicted molar refractivity (Wildman–Crippen MR) is 118 cm³/mol. The smallest absolute Gasteiger partial charge is 0.273 e. The van der Waals surface area contributed by atoms with Crippen LogP contribution in [0.5, 0.6) is 0 Å². The number of nitrogens with one attached hydrogen (secondary N) is 1. The molecule has 0 saturated heterocycles. The van der Waals surface area contributed by atoms with Crippen molar-refractivity contribution in [2.45, 2.75) is 52.7 Å². The van der Waals surface area contributed by atoms with Crippen molar-refractivity contribution in [2.24, 2.45) is 0 Å². The SMILES string of the molecule is CCC(C)NC(=O)c1nnn(-c2cccc3c2CCN(Cc2ccccc2)C3)c1C. The molecule has 1 aliphatic rings. The Balaban J connectivity index is 1.56. The van der Waals surface area contributed by atoms with Gasteiger partial charge in [0, 0.05) is 25.7 Å². The third kappa shape index (κ3) is 4.14. The second-order valence-corrected chi connectivity index (χ2v) is 8.08. The van der Waals surface area contributed by atoms with Crippen LogP contribution in [0.4, 0.5) is 0 Å². The van der Waals surface area contributed by atoms with Crippen molar-refractivity contribution in [3.63, 3.8) is 0 Å². The molecule has 30 heavy (non-hydrogen) atoms. The number of aromatic nitrogens is 3. The van der Waals surface area contributed by atoms with E-state index in [4.69, 9.17) is 0 Å². The Bertz CT molecular complexity index is 1030. The van der Waals surface area contributed by atoms with Crippen molar-refractivity contribution in [3.05, 3.63) is 76.6 Å². The first kappa shape index (κ1) is 20.3. The molecule has 6 nitrogen and oxygen atoms in total. The largest absolute Gasteiger partial charge is 0.348 e. The lowest BCUT2D eigenvalue weighted by Crippen LogP contribution is -2.32. The molecule has 1 aromatic heterocycles. The minimum atomic E-state index is -0.160. The molecule has 1 aliphatic heterocycles. The summed E-state index contributed by atoms with van der Waals surface area (Å²) in [6.45, 7) is 8.81. The molecule has 0 radical (unpaired) electrons. The van der Waals surface area contributed by atoms with Crippen molar-refractivity contribution in [2.75, 3.05) is 6.54 Å². The van der Waals surface area contributed by atoms with E-state index >= 15 is 0 Å². The van der Waals surface area contributed by atoms with Crippen LogP contribution in [0.3, 0.4) is 0 Å². The fourth-order valence-corrected chi connectivity index (χ4v) is 3.98. The van der Waals surface area contributed by atoms with Crippen LogP contribution in [0.1, 0.15) is 53.1 Å². The first-order valence-electron chi connectivity index (χ1n) is 10.7. The summed E-state index contributed by atoms with van der Waals surface area (Å²) in [5, 5.41) is 11.5. The Morgan fingerprint density at radius 2 is 1.97 bits per heavy atom. The number of carbonyl (C=O) groups excluding carboxylic acids is 1. The zero-order chi connectivity index (χ0) is 21.1. The molecule has 3 aromatic rings. The number of rotatable bonds is 6. The van der Waals surface area contributed by atoms with Crippen molar-refractivity contribution in [3.8, 4) is 5.69 Å². The molecule has 1 amide bonds. The van der Waals surface area contributed by atoms with Crippen LogP contribution in [0.15, 0.2) is 48.5 Å². The van der Waals surface area contributed by atoms with Gasteiger partial charge in [-0.25, -0.2) is 4.68 Å². The number of amides is 1. The summed E-state index contributed by atoms with van der Waals surface area (Å²) in [5.41, 5.74) is 6.14. The lowest BCUT2D eigenvalue weighted by Gasteiger charge is -2.30. The van der Waals surface area contributed by atoms with Gasteiger partial charge in [-0.3, -0.25) is 9.69 Å². The summed E-state index contributed by atoms with van der Waals surface area (Å²) in [6, 6.07) is 17.0.